The summed E-state index contributed by atoms with van der Waals surface area (Å²) in [6.07, 6.45) is 0. The van der Waals surface area contributed by atoms with Gasteiger partial charge in [0.25, 0.3) is 0 Å². The molecule has 0 saturated heterocycles. The maximum Gasteiger partial charge on any atom is 0.322 e. The average molecular weight is 270 g/mol. The van der Waals surface area contributed by atoms with Gasteiger partial charge in [-0.1, -0.05) is 18.9 Å². The first-order valence-corrected chi connectivity index (χ1v) is 6.21. The number of carbonyl (C=O) groups excluding carboxylic acids is 1. The molecule has 0 aromatic carbocycles. The van der Waals surface area contributed by atoms with E-state index in [1.54, 1.807) is 25.8 Å². The summed E-state index contributed by atoms with van der Waals surface area (Å²) in [5.41, 5.74) is -0.843. The second-order valence-corrected chi connectivity index (χ2v) is 5.63. The molecule has 19 heavy (non-hydrogen) atoms. The quantitative estimate of drug-likeness (QED) is 0.795. The van der Waals surface area contributed by atoms with Crippen molar-refractivity contribution >= 4 is 11.9 Å². The van der Waals surface area contributed by atoms with Crippen LogP contribution in [0.15, 0.2) is 4.42 Å². The molecular weight excluding hydrogens is 248 g/mol. The molecule has 0 aliphatic rings. The van der Waals surface area contributed by atoms with E-state index in [0.717, 1.165) is 0 Å². The highest BCUT2D eigenvalue weighted by molar-refractivity contribution is 5.90. The Labute approximate surface area is 113 Å². The Balaban J connectivity index is 2.46. The van der Waals surface area contributed by atoms with Crippen molar-refractivity contribution in [1.29, 1.82) is 0 Å². The molecule has 1 aromatic heterocycles. The lowest BCUT2D eigenvalue weighted by Crippen LogP contribution is -2.40. The summed E-state index contributed by atoms with van der Waals surface area (Å²) in [4.78, 5) is 13.4. The van der Waals surface area contributed by atoms with Crippen LogP contribution >= 0.6 is 0 Å². The minimum Gasteiger partial charge on any atom is -0.408 e. The first kappa shape index (κ1) is 15.6. The van der Waals surface area contributed by atoms with Gasteiger partial charge in [0.15, 0.2) is 0 Å². The summed E-state index contributed by atoms with van der Waals surface area (Å²) in [5, 5.41) is 19.7. The Hall–Kier alpha value is -1.47. The maximum absolute atomic E-state index is 11.7. The summed E-state index contributed by atoms with van der Waals surface area (Å²) in [6.45, 7) is 7.76. The van der Waals surface area contributed by atoms with Gasteiger partial charge in [0.05, 0.1) is 12.1 Å². The summed E-state index contributed by atoms with van der Waals surface area (Å²) >= 11 is 0. The van der Waals surface area contributed by atoms with Crippen LogP contribution in [-0.4, -0.2) is 51.8 Å². The van der Waals surface area contributed by atoms with Gasteiger partial charge < -0.3 is 9.52 Å². The Morgan fingerprint density at radius 1 is 1.47 bits per heavy atom. The maximum atomic E-state index is 11.7. The van der Waals surface area contributed by atoms with E-state index in [2.05, 4.69) is 15.5 Å². The number of nitrogens with zero attached hydrogens (tertiary/aromatic N) is 3. The summed E-state index contributed by atoms with van der Waals surface area (Å²) < 4.78 is 5.28. The van der Waals surface area contributed by atoms with Crippen LogP contribution in [0.3, 0.4) is 0 Å². The largest absolute Gasteiger partial charge is 0.408 e. The van der Waals surface area contributed by atoms with E-state index in [1.807, 2.05) is 13.8 Å². The molecule has 7 nitrogen and oxygen atoms in total. The monoisotopic (exact) mass is 270 g/mol. The minimum atomic E-state index is -0.843. The van der Waals surface area contributed by atoms with E-state index in [9.17, 15) is 9.90 Å². The number of likely N-dealkylation sites (N-methyl/N-ethyl adjacent to an activating group) is 1. The number of hydrogen-bond donors (Lipinski definition) is 2. The van der Waals surface area contributed by atoms with Crippen LogP contribution in [0.5, 0.6) is 0 Å². The molecule has 108 valence electrons. The van der Waals surface area contributed by atoms with E-state index >= 15 is 0 Å². The van der Waals surface area contributed by atoms with Crippen molar-refractivity contribution in [3.63, 3.8) is 0 Å². The number of nitrogens with one attached hydrogen (secondary N) is 1. The lowest BCUT2D eigenvalue weighted by molar-refractivity contribution is -0.117. The minimum absolute atomic E-state index is 0.102. The molecule has 7 heteroatoms. The fraction of sp³-hybridized carbons (Fsp3) is 0.750. The van der Waals surface area contributed by atoms with E-state index in [-0.39, 0.29) is 24.4 Å². The van der Waals surface area contributed by atoms with Crippen LogP contribution in [0.2, 0.25) is 0 Å². The molecule has 2 N–H and O–H groups in total. The third-order valence-corrected chi connectivity index (χ3v) is 2.25. The third-order valence-electron chi connectivity index (χ3n) is 2.25. The number of aliphatic hydroxyl groups is 1. The second kappa shape index (κ2) is 6.12. The molecule has 0 spiro atoms. The molecule has 0 bridgehead atoms. The van der Waals surface area contributed by atoms with Crippen molar-refractivity contribution in [3.05, 3.63) is 5.89 Å². The molecule has 1 rings (SSSR count). The van der Waals surface area contributed by atoms with Crippen LogP contribution in [-0.2, 0) is 4.79 Å². The highest BCUT2D eigenvalue weighted by Gasteiger charge is 2.18. The number of carbonyl (C=O) groups is 1. The lowest BCUT2D eigenvalue weighted by atomic mass is 10.1. The van der Waals surface area contributed by atoms with E-state index in [1.165, 1.54) is 0 Å². The van der Waals surface area contributed by atoms with E-state index < -0.39 is 5.60 Å². The highest BCUT2D eigenvalue weighted by Crippen LogP contribution is 2.14. The summed E-state index contributed by atoms with van der Waals surface area (Å²) in [6, 6.07) is 0.102. The van der Waals surface area contributed by atoms with Crippen molar-refractivity contribution in [3.8, 4) is 0 Å². The van der Waals surface area contributed by atoms with Gasteiger partial charge in [-0.2, -0.15) is 0 Å². The molecule has 1 amide bonds. The molecule has 1 aromatic rings. The zero-order chi connectivity index (χ0) is 14.6. The first-order chi connectivity index (χ1) is 8.67. The van der Waals surface area contributed by atoms with Crippen LogP contribution < -0.4 is 5.32 Å². The van der Waals surface area contributed by atoms with Gasteiger partial charge in [0, 0.05) is 12.5 Å². The van der Waals surface area contributed by atoms with Crippen molar-refractivity contribution < 1.29 is 14.3 Å². The molecular formula is C12H22N4O3. The predicted molar refractivity (Wildman–Crippen MR) is 70.8 cm³/mol. The lowest BCUT2D eigenvalue weighted by Gasteiger charge is -2.24. The van der Waals surface area contributed by atoms with Crippen molar-refractivity contribution in [2.75, 3.05) is 25.5 Å². The topological polar surface area (TPSA) is 91.5 Å². The fourth-order valence-electron chi connectivity index (χ4n) is 1.64. The molecule has 0 saturated carbocycles. The third kappa shape index (κ3) is 5.80. The molecule has 0 radical (unpaired) electrons. The molecule has 0 unspecified atom stereocenters. The van der Waals surface area contributed by atoms with Crippen molar-refractivity contribution in [2.24, 2.45) is 0 Å². The highest BCUT2D eigenvalue weighted by atomic mass is 16.4. The van der Waals surface area contributed by atoms with Crippen molar-refractivity contribution in [2.45, 2.75) is 39.2 Å². The molecule has 0 aliphatic heterocycles. The summed E-state index contributed by atoms with van der Waals surface area (Å²) in [7, 11) is 1.75. The molecule has 0 atom stereocenters. The van der Waals surface area contributed by atoms with Gasteiger partial charge in [-0.15, -0.1) is 5.10 Å². The van der Waals surface area contributed by atoms with E-state index in [0.29, 0.717) is 12.4 Å². The standard InChI is InChI=1S/C12H22N4O3/c1-8(2)10-14-15-11(19-10)13-9(17)6-16(5)7-12(3,4)18/h8,18H,6-7H2,1-5H3,(H,13,15,17). The first-order valence-electron chi connectivity index (χ1n) is 6.21. The number of anilines is 1. The molecule has 1 heterocycles. The smallest absolute Gasteiger partial charge is 0.322 e. The van der Waals surface area contributed by atoms with Crippen LogP contribution in [0, 0.1) is 0 Å². The van der Waals surface area contributed by atoms with Crippen LogP contribution in [0.1, 0.15) is 39.5 Å². The number of hydrogen-bond acceptors (Lipinski definition) is 6. The van der Waals surface area contributed by atoms with Gasteiger partial charge in [-0.25, -0.2) is 0 Å². The van der Waals surface area contributed by atoms with Gasteiger partial charge >= 0.3 is 6.01 Å². The van der Waals surface area contributed by atoms with Gasteiger partial charge in [0.2, 0.25) is 11.8 Å². The van der Waals surface area contributed by atoms with Crippen LogP contribution in [0.25, 0.3) is 0 Å². The Morgan fingerprint density at radius 2 is 2.11 bits per heavy atom. The van der Waals surface area contributed by atoms with Gasteiger partial charge in [-0.05, 0) is 20.9 Å². The zero-order valence-electron chi connectivity index (χ0n) is 12.1. The van der Waals surface area contributed by atoms with E-state index in [4.69, 9.17) is 4.42 Å². The Morgan fingerprint density at radius 3 is 2.58 bits per heavy atom. The average Bonchev–Trinajstić information content (AvgIpc) is 2.62. The Kier molecular flexibility index (Phi) is 5.02. The predicted octanol–water partition coefficient (Wildman–Crippen LogP) is 0.834. The number of aromatic nitrogens is 2. The SMILES string of the molecule is CC(C)c1nnc(NC(=O)CN(C)CC(C)(C)O)o1. The normalized spacial score (nSPS) is 12.2. The summed E-state index contributed by atoms with van der Waals surface area (Å²) in [5.74, 6) is 0.349. The number of rotatable bonds is 6. The van der Waals surface area contributed by atoms with Gasteiger partial charge in [0.1, 0.15) is 0 Å². The zero-order valence-corrected chi connectivity index (χ0v) is 12.1. The molecule has 0 fully saturated rings. The number of amides is 1. The van der Waals surface area contributed by atoms with Crippen molar-refractivity contribution in [1.82, 2.24) is 15.1 Å². The van der Waals surface area contributed by atoms with Crippen LogP contribution in [0.4, 0.5) is 6.01 Å². The Bertz CT molecular complexity index is 423. The fourth-order valence-corrected chi connectivity index (χ4v) is 1.64. The van der Waals surface area contributed by atoms with Gasteiger partial charge in [-0.3, -0.25) is 15.0 Å². The molecule has 0 aliphatic carbocycles. The second-order valence-electron chi connectivity index (χ2n) is 5.63.